The highest BCUT2D eigenvalue weighted by Gasteiger charge is 2.44. The third-order valence-electron chi connectivity index (χ3n) is 4.17. The number of carbonyl (C=O) groups excluding carboxylic acids is 1. The summed E-state index contributed by atoms with van der Waals surface area (Å²) >= 11 is 0. The summed E-state index contributed by atoms with van der Waals surface area (Å²) in [5.41, 5.74) is 2.94. The van der Waals surface area contributed by atoms with Crippen molar-refractivity contribution in [2.75, 3.05) is 11.9 Å². The van der Waals surface area contributed by atoms with Crippen molar-refractivity contribution in [3.63, 3.8) is 0 Å². The van der Waals surface area contributed by atoms with Crippen LogP contribution in [0.3, 0.4) is 0 Å². The van der Waals surface area contributed by atoms with E-state index in [1.165, 1.54) is 12.1 Å². The SMILES string of the molecule is Cc1cccc(NC(=O)NCC2(c3ccc(F)cc3)CC2)c1. The summed E-state index contributed by atoms with van der Waals surface area (Å²) in [6.07, 6.45) is 2.03. The second-order valence-electron chi connectivity index (χ2n) is 5.96. The smallest absolute Gasteiger partial charge is 0.319 e. The van der Waals surface area contributed by atoms with Gasteiger partial charge in [0.25, 0.3) is 0 Å². The van der Waals surface area contributed by atoms with Gasteiger partial charge in [-0.3, -0.25) is 0 Å². The zero-order chi connectivity index (χ0) is 15.6. The lowest BCUT2D eigenvalue weighted by atomic mass is 9.96. The molecule has 3 rings (SSSR count). The Hall–Kier alpha value is -2.36. The molecule has 2 aromatic carbocycles. The van der Waals surface area contributed by atoms with Gasteiger partial charge >= 0.3 is 6.03 Å². The van der Waals surface area contributed by atoms with Crippen LogP contribution in [0.15, 0.2) is 48.5 Å². The average molecular weight is 298 g/mol. The van der Waals surface area contributed by atoms with Crippen molar-refractivity contribution in [3.8, 4) is 0 Å². The number of benzene rings is 2. The third-order valence-corrected chi connectivity index (χ3v) is 4.17. The summed E-state index contributed by atoms with van der Waals surface area (Å²) in [6, 6.07) is 14.0. The molecule has 0 unspecified atom stereocenters. The molecule has 0 aromatic heterocycles. The Labute approximate surface area is 129 Å². The Balaban J connectivity index is 1.58. The van der Waals surface area contributed by atoms with E-state index in [4.69, 9.17) is 0 Å². The fourth-order valence-corrected chi connectivity index (χ4v) is 2.67. The zero-order valence-electron chi connectivity index (χ0n) is 12.5. The Morgan fingerprint density at radius 2 is 1.91 bits per heavy atom. The van der Waals surface area contributed by atoms with Crippen LogP contribution in [0.25, 0.3) is 0 Å². The van der Waals surface area contributed by atoms with Gasteiger partial charge in [0.15, 0.2) is 0 Å². The Morgan fingerprint density at radius 1 is 1.18 bits per heavy atom. The maximum absolute atomic E-state index is 13.0. The normalized spacial score (nSPS) is 15.2. The predicted octanol–water partition coefficient (Wildman–Crippen LogP) is 3.99. The van der Waals surface area contributed by atoms with Crippen molar-refractivity contribution in [1.82, 2.24) is 5.32 Å². The van der Waals surface area contributed by atoms with Crippen LogP contribution >= 0.6 is 0 Å². The van der Waals surface area contributed by atoms with E-state index in [1.807, 2.05) is 43.3 Å². The molecule has 4 heteroatoms. The molecule has 0 bridgehead atoms. The summed E-state index contributed by atoms with van der Waals surface area (Å²) in [5, 5.41) is 5.76. The summed E-state index contributed by atoms with van der Waals surface area (Å²) < 4.78 is 13.0. The first-order valence-electron chi connectivity index (χ1n) is 7.45. The molecule has 1 aliphatic rings. The molecule has 1 saturated carbocycles. The van der Waals surface area contributed by atoms with Gasteiger partial charge in [-0.05, 0) is 55.2 Å². The number of urea groups is 1. The fourth-order valence-electron chi connectivity index (χ4n) is 2.67. The summed E-state index contributed by atoms with van der Waals surface area (Å²) in [4.78, 5) is 12.0. The highest BCUT2D eigenvalue weighted by atomic mass is 19.1. The van der Waals surface area contributed by atoms with Gasteiger partial charge in [-0.1, -0.05) is 24.3 Å². The summed E-state index contributed by atoms with van der Waals surface area (Å²) in [6.45, 7) is 2.55. The van der Waals surface area contributed by atoms with Gasteiger partial charge in [0.2, 0.25) is 0 Å². The van der Waals surface area contributed by atoms with Crippen LogP contribution in [-0.2, 0) is 5.41 Å². The van der Waals surface area contributed by atoms with Gasteiger partial charge in [0.1, 0.15) is 5.82 Å². The number of rotatable bonds is 4. The molecule has 0 spiro atoms. The van der Waals surface area contributed by atoms with Gasteiger partial charge in [0, 0.05) is 17.6 Å². The first kappa shape index (κ1) is 14.6. The van der Waals surface area contributed by atoms with Crippen molar-refractivity contribution >= 4 is 11.7 Å². The topological polar surface area (TPSA) is 41.1 Å². The number of nitrogens with one attached hydrogen (secondary N) is 2. The molecule has 2 N–H and O–H groups in total. The lowest BCUT2D eigenvalue weighted by molar-refractivity contribution is 0.251. The maximum Gasteiger partial charge on any atom is 0.319 e. The maximum atomic E-state index is 13.0. The first-order chi connectivity index (χ1) is 10.6. The van der Waals surface area contributed by atoms with Gasteiger partial charge in [-0.25, -0.2) is 9.18 Å². The van der Waals surface area contributed by atoms with Gasteiger partial charge in [-0.2, -0.15) is 0 Å². The second-order valence-corrected chi connectivity index (χ2v) is 5.96. The summed E-state index contributed by atoms with van der Waals surface area (Å²) in [5.74, 6) is -0.232. The van der Waals surface area contributed by atoms with Crippen LogP contribution in [0.2, 0.25) is 0 Å². The fraction of sp³-hybridized carbons (Fsp3) is 0.278. The number of hydrogen-bond donors (Lipinski definition) is 2. The van der Waals surface area contributed by atoms with E-state index in [2.05, 4.69) is 10.6 Å². The quantitative estimate of drug-likeness (QED) is 0.880. The molecule has 1 fully saturated rings. The highest BCUT2D eigenvalue weighted by Crippen LogP contribution is 2.47. The number of anilines is 1. The standard InChI is InChI=1S/C18H19FN2O/c1-13-3-2-4-16(11-13)21-17(22)20-12-18(9-10-18)14-5-7-15(19)8-6-14/h2-8,11H,9-10,12H2,1H3,(H2,20,21,22). The highest BCUT2D eigenvalue weighted by molar-refractivity contribution is 5.89. The summed E-state index contributed by atoms with van der Waals surface area (Å²) in [7, 11) is 0. The number of hydrogen-bond acceptors (Lipinski definition) is 1. The molecular formula is C18H19FN2O. The van der Waals surface area contributed by atoms with Crippen LogP contribution in [0.1, 0.15) is 24.0 Å². The monoisotopic (exact) mass is 298 g/mol. The molecule has 3 nitrogen and oxygen atoms in total. The molecule has 0 saturated heterocycles. The van der Waals surface area contributed by atoms with Crippen molar-refractivity contribution in [3.05, 3.63) is 65.5 Å². The van der Waals surface area contributed by atoms with E-state index in [0.717, 1.165) is 29.7 Å². The second kappa shape index (κ2) is 5.79. The van der Waals surface area contributed by atoms with Crippen LogP contribution in [0.5, 0.6) is 0 Å². The lowest BCUT2D eigenvalue weighted by Gasteiger charge is -2.17. The van der Waals surface area contributed by atoms with Crippen LogP contribution in [-0.4, -0.2) is 12.6 Å². The van der Waals surface area contributed by atoms with Gasteiger partial charge in [-0.15, -0.1) is 0 Å². The van der Waals surface area contributed by atoms with Crippen molar-refractivity contribution in [2.24, 2.45) is 0 Å². The van der Waals surface area contributed by atoms with E-state index >= 15 is 0 Å². The predicted molar refractivity (Wildman–Crippen MR) is 85.5 cm³/mol. The number of amides is 2. The van der Waals surface area contributed by atoms with E-state index in [-0.39, 0.29) is 17.3 Å². The molecule has 0 atom stereocenters. The Kier molecular flexibility index (Phi) is 3.84. The third kappa shape index (κ3) is 3.27. The van der Waals surface area contributed by atoms with E-state index in [9.17, 15) is 9.18 Å². The minimum atomic E-state index is -0.232. The van der Waals surface area contributed by atoms with Crippen LogP contribution < -0.4 is 10.6 Å². The minimum absolute atomic E-state index is 0.0301. The Morgan fingerprint density at radius 3 is 2.55 bits per heavy atom. The molecule has 0 radical (unpaired) electrons. The largest absolute Gasteiger partial charge is 0.337 e. The first-order valence-corrected chi connectivity index (χ1v) is 7.45. The van der Waals surface area contributed by atoms with Gasteiger partial charge in [0.05, 0.1) is 0 Å². The number of halogens is 1. The van der Waals surface area contributed by atoms with E-state index < -0.39 is 0 Å². The number of aryl methyl sites for hydroxylation is 1. The van der Waals surface area contributed by atoms with E-state index in [1.54, 1.807) is 0 Å². The average Bonchev–Trinajstić information content (AvgIpc) is 3.27. The molecule has 0 aliphatic heterocycles. The zero-order valence-corrected chi connectivity index (χ0v) is 12.5. The van der Waals surface area contributed by atoms with Crippen LogP contribution in [0.4, 0.5) is 14.9 Å². The molecule has 0 heterocycles. The molecule has 114 valence electrons. The molecular weight excluding hydrogens is 279 g/mol. The van der Waals surface area contributed by atoms with Crippen molar-refractivity contribution in [1.29, 1.82) is 0 Å². The van der Waals surface area contributed by atoms with Gasteiger partial charge < -0.3 is 10.6 Å². The van der Waals surface area contributed by atoms with Crippen LogP contribution in [0, 0.1) is 12.7 Å². The lowest BCUT2D eigenvalue weighted by Crippen LogP contribution is -2.35. The Bertz CT molecular complexity index is 678. The van der Waals surface area contributed by atoms with Crippen molar-refractivity contribution < 1.29 is 9.18 Å². The molecule has 2 amide bonds. The number of carbonyl (C=O) groups is 1. The minimum Gasteiger partial charge on any atom is -0.337 e. The van der Waals surface area contributed by atoms with E-state index in [0.29, 0.717) is 6.54 Å². The molecule has 2 aromatic rings. The molecule has 1 aliphatic carbocycles. The molecule has 22 heavy (non-hydrogen) atoms. The van der Waals surface area contributed by atoms with Crippen molar-refractivity contribution in [2.45, 2.75) is 25.2 Å².